The fourth-order valence-corrected chi connectivity index (χ4v) is 2.43. The average molecular weight is 204 g/mol. The van der Waals surface area contributed by atoms with Crippen LogP contribution in [0.1, 0.15) is 36.1 Å². The second kappa shape index (κ2) is 5.42. The topological polar surface area (TPSA) is 47.6 Å². The maximum atomic E-state index is 8.67. The Bertz CT molecular complexity index is 351. The minimum absolute atomic E-state index is 0.103. The van der Waals surface area contributed by atoms with Gasteiger partial charge in [0.2, 0.25) is 0 Å². The minimum Gasteiger partial charge on any atom is -0.198 e. The first-order valence-electron chi connectivity index (χ1n) is 4.63. The van der Waals surface area contributed by atoms with Crippen molar-refractivity contribution in [1.82, 2.24) is 0 Å². The number of nitriles is 2. The highest BCUT2D eigenvalue weighted by Crippen LogP contribution is 2.29. The van der Waals surface area contributed by atoms with Crippen LogP contribution in [0.25, 0.3) is 0 Å². The van der Waals surface area contributed by atoms with Crippen molar-refractivity contribution in [1.29, 1.82) is 10.5 Å². The van der Waals surface area contributed by atoms with Crippen LogP contribution in [0.4, 0.5) is 0 Å². The van der Waals surface area contributed by atoms with Crippen molar-refractivity contribution < 1.29 is 0 Å². The van der Waals surface area contributed by atoms with Crippen molar-refractivity contribution in [3.05, 3.63) is 21.9 Å². The smallest absolute Gasteiger partial charge is 0.0628 e. The van der Waals surface area contributed by atoms with Crippen LogP contribution in [0.15, 0.2) is 11.4 Å². The molecule has 0 aliphatic rings. The summed E-state index contributed by atoms with van der Waals surface area (Å²) in [6, 6.07) is 6.34. The van der Waals surface area contributed by atoms with Gasteiger partial charge in [-0.25, -0.2) is 0 Å². The van der Waals surface area contributed by atoms with Gasteiger partial charge in [-0.2, -0.15) is 10.5 Å². The van der Waals surface area contributed by atoms with E-state index in [4.69, 9.17) is 10.5 Å². The van der Waals surface area contributed by atoms with E-state index in [1.165, 1.54) is 10.4 Å². The van der Waals surface area contributed by atoms with Crippen molar-refractivity contribution in [2.24, 2.45) is 0 Å². The van der Waals surface area contributed by atoms with Crippen LogP contribution < -0.4 is 0 Å². The molecular weight excluding hydrogens is 192 g/mol. The highest BCUT2D eigenvalue weighted by atomic mass is 32.1. The van der Waals surface area contributed by atoms with E-state index in [9.17, 15) is 0 Å². The zero-order valence-electron chi connectivity index (χ0n) is 8.16. The van der Waals surface area contributed by atoms with E-state index in [0.29, 0.717) is 12.8 Å². The molecule has 0 amide bonds. The van der Waals surface area contributed by atoms with Gasteiger partial charge in [-0.3, -0.25) is 0 Å². The van der Waals surface area contributed by atoms with Crippen LogP contribution in [-0.4, -0.2) is 0 Å². The largest absolute Gasteiger partial charge is 0.198 e. The van der Waals surface area contributed by atoms with Crippen LogP contribution in [0.5, 0.6) is 0 Å². The molecule has 0 N–H and O–H groups in total. The molecule has 0 radical (unpaired) electrons. The zero-order valence-corrected chi connectivity index (χ0v) is 8.97. The summed E-state index contributed by atoms with van der Waals surface area (Å²) in [7, 11) is 0. The first-order chi connectivity index (χ1) is 6.83. The number of hydrogen-bond donors (Lipinski definition) is 0. The summed E-state index contributed by atoms with van der Waals surface area (Å²) in [5.74, 6) is 0.103. The summed E-state index contributed by atoms with van der Waals surface area (Å²) in [5, 5.41) is 19.4. The molecule has 0 saturated carbocycles. The van der Waals surface area contributed by atoms with Gasteiger partial charge in [-0.15, -0.1) is 11.3 Å². The zero-order chi connectivity index (χ0) is 10.4. The maximum Gasteiger partial charge on any atom is 0.0628 e. The third-order valence-electron chi connectivity index (χ3n) is 2.22. The van der Waals surface area contributed by atoms with E-state index in [0.717, 1.165) is 6.42 Å². The van der Waals surface area contributed by atoms with Crippen molar-refractivity contribution in [3.8, 4) is 12.1 Å². The highest BCUT2D eigenvalue weighted by Gasteiger charge is 2.14. The molecule has 1 aromatic rings. The molecule has 72 valence electrons. The molecule has 14 heavy (non-hydrogen) atoms. The summed E-state index contributed by atoms with van der Waals surface area (Å²) in [6.07, 6.45) is 1.87. The van der Waals surface area contributed by atoms with Crippen molar-refractivity contribution in [3.63, 3.8) is 0 Å². The Balaban J connectivity index is 2.88. The lowest BCUT2D eigenvalue weighted by molar-refractivity contribution is 0.721. The number of thiophene rings is 1. The lowest BCUT2D eigenvalue weighted by Crippen LogP contribution is -1.98. The predicted octanol–water partition coefficient (Wildman–Crippen LogP) is 3.22. The Hall–Kier alpha value is -1.32. The molecular formula is C11H12N2S. The lowest BCUT2D eigenvalue weighted by Gasteiger charge is -2.09. The summed E-state index contributed by atoms with van der Waals surface area (Å²) in [5.41, 5.74) is 1.20. The van der Waals surface area contributed by atoms with E-state index >= 15 is 0 Å². The molecule has 0 fully saturated rings. The number of nitrogens with zero attached hydrogens (tertiary/aromatic N) is 2. The highest BCUT2D eigenvalue weighted by molar-refractivity contribution is 7.10. The van der Waals surface area contributed by atoms with Crippen molar-refractivity contribution in [2.45, 2.75) is 32.1 Å². The van der Waals surface area contributed by atoms with Crippen LogP contribution in [0.2, 0.25) is 0 Å². The maximum absolute atomic E-state index is 8.67. The fraction of sp³-hybridized carbons (Fsp3) is 0.455. The fourth-order valence-electron chi connectivity index (χ4n) is 1.51. The Morgan fingerprint density at radius 1 is 1.36 bits per heavy atom. The third-order valence-corrected chi connectivity index (χ3v) is 3.30. The molecule has 0 spiro atoms. The SMILES string of the molecule is CCc1sccc1C(CC#N)CC#N. The Labute approximate surface area is 88.4 Å². The molecule has 0 aliphatic heterocycles. The third kappa shape index (κ3) is 2.34. The molecule has 0 aromatic carbocycles. The van der Waals surface area contributed by atoms with Crippen LogP contribution in [0.3, 0.4) is 0 Å². The average Bonchev–Trinajstić information content (AvgIpc) is 2.65. The van der Waals surface area contributed by atoms with Gasteiger partial charge >= 0.3 is 0 Å². The quantitative estimate of drug-likeness (QED) is 0.756. The monoisotopic (exact) mass is 204 g/mol. The number of hydrogen-bond acceptors (Lipinski definition) is 3. The van der Waals surface area contributed by atoms with E-state index in [1.807, 2.05) is 11.4 Å². The first-order valence-corrected chi connectivity index (χ1v) is 5.51. The Kier molecular flexibility index (Phi) is 4.16. The van der Waals surface area contributed by atoms with Crippen LogP contribution in [0, 0.1) is 22.7 Å². The van der Waals surface area contributed by atoms with E-state index in [2.05, 4.69) is 19.1 Å². The molecule has 0 unspecified atom stereocenters. The van der Waals surface area contributed by atoms with Gasteiger partial charge < -0.3 is 0 Å². The Morgan fingerprint density at radius 2 is 2.00 bits per heavy atom. The Morgan fingerprint density at radius 3 is 2.50 bits per heavy atom. The molecule has 1 rings (SSSR count). The van der Waals surface area contributed by atoms with E-state index in [-0.39, 0.29) is 5.92 Å². The molecule has 2 nitrogen and oxygen atoms in total. The van der Waals surface area contributed by atoms with E-state index < -0.39 is 0 Å². The first kappa shape index (κ1) is 10.8. The number of rotatable bonds is 4. The molecule has 1 heterocycles. The van der Waals surface area contributed by atoms with Gasteiger partial charge in [0.15, 0.2) is 0 Å². The summed E-state index contributed by atoms with van der Waals surface area (Å²) in [4.78, 5) is 1.31. The summed E-state index contributed by atoms with van der Waals surface area (Å²) in [6.45, 7) is 2.10. The van der Waals surface area contributed by atoms with Gasteiger partial charge in [-0.1, -0.05) is 6.92 Å². The lowest BCUT2D eigenvalue weighted by atomic mass is 9.93. The molecule has 0 aliphatic carbocycles. The van der Waals surface area contributed by atoms with Crippen LogP contribution in [-0.2, 0) is 6.42 Å². The molecule has 3 heteroatoms. The van der Waals surface area contributed by atoms with Gasteiger partial charge in [-0.05, 0) is 23.4 Å². The van der Waals surface area contributed by atoms with Gasteiger partial charge in [0, 0.05) is 23.6 Å². The van der Waals surface area contributed by atoms with Crippen LogP contribution >= 0.6 is 11.3 Å². The standard InChI is InChI=1S/C11H12N2S/c1-2-11-10(5-8-14-11)9(3-6-12)4-7-13/h5,8-9H,2-4H2,1H3. The molecule has 0 atom stereocenters. The minimum atomic E-state index is 0.103. The van der Waals surface area contributed by atoms with Gasteiger partial charge in [0.25, 0.3) is 0 Å². The molecule has 0 saturated heterocycles. The molecule has 0 bridgehead atoms. The second-order valence-corrected chi connectivity index (χ2v) is 4.07. The van der Waals surface area contributed by atoms with Gasteiger partial charge in [0.05, 0.1) is 12.1 Å². The molecule has 1 aromatic heterocycles. The summed E-state index contributed by atoms with van der Waals surface area (Å²) >= 11 is 1.71. The number of aryl methyl sites for hydroxylation is 1. The predicted molar refractivity (Wildman–Crippen MR) is 56.9 cm³/mol. The van der Waals surface area contributed by atoms with Crippen molar-refractivity contribution >= 4 is 11.3 Å². The normalized spacial score (nSPS) is 9.71. The second-order valence-electron chi connectivity index (χ2n) is 3.07. The summed E-state index contributed by atoms with van der Waals surface area (Å²) < 4.78 is 0. The van der Waals surface area contributed by atoms with Gasteiger partial charge in [0.1, 0.15) is 0 Å². The van der Waals surface area contributed by atoms with Crippen molar-refractivity contribution in [2.75, 3.05) is 0 Å². The van der Waals surface area contributed by atoms with E-state index in [1.54, 1.807) is 11.3 Å².